The van der Waals surface area contributed by atoms with Crippen LogP contribution >= 0.6 is 0 Å². The molecule has 0 unspecified atom stereocenters. The second kappa shape index (κ2) is 7.67. The number of rotatable bonds is 4. The first-order valence-electron chi connectivity index (χ1n) is 9.21. The summed E-state index contributed by atoms with van der Waals surface area (Å²) in [4.78, 5) is 21.2. The van der Waals surface area contributed by atoms with Crippen LogP contribution in [0.25, 0.3) is 10.9 Å². The number of hydrogen-bond acceptors (Lipinski definition) is 6. The van der Waals surface area contributed by atoms with Gasteiger partial charge in [0.05, 0.1) is 11.2 Å². The van der Waals surface area contributed by atoms with Crippen molar-refractivity contribution in [2.24, 2.45) is 0 Å². The molecule has 0 bridgehead atoms. The fourth-order valence-electron chi connectivity index (χ4n) is 3.29. The zero-order valence-corrected chi connectivity index (χ0v) is 15.3. The van der Waals surface area contributed by atoms with E-state index in [0.717, 1.165) is 49.3 Å². The molecule has 1 saturated heterocycles. The Labute approximate surface area is 158 Å². The molecule has 0 radical (unpaired) electrons. The molecule has 0 atom stereocenters. The Morgan fingerprint density at radius 3 is 2.59 bits per heavy atom. The fourth-order valence-corrected chi connectivity index (χ4v) is 3.29. The lowest BCUT2D eigenvalue weighted by atomic mass is 10.2. The fraction of sp³-hybridized carbons (Fsp3) is 0.300. The molecule has 1 aromatic carbocycles. The average Bonchev–Trinajstić information content (AvgIpc) is 2.74. The number of nitrogens with zero attached hydrogens (tertiary/aromatic N) is 5. The highest BCUT2D eigenvalue weighted by Crippen LogP contribution is 2.23. The van der Waals surface area contributed by atoms with Crippen molar-refractivity contribution in [2.75, 3.05) is 38.0 Å². The Morgan fingerprint density at radius 1 is 1.04 bits per heavy atom. The molecule has 3 heterocycles. The number of hydrogen-bond donors (Lipinski definition) is 1. The number of pyridine rings is 1. The predicted molar refractivity (Wildman–Crippen MR) is 105 cm³/mol. The van der Waals surface area contributed by atoms with E-state index in [0.29, 0.717) is 11.5 Å². The number of nitrogens with one attached hydrogen (secondary N) is 1. The van der Waals surface area contributed by atoms with E-state index in [9.17, 15) is 4.79 Å². The van der Waals surface area contributed by atoms with E-state index in [4.69, 9.17) is 0 Å². The quantitative estimate of drug-likeness (QED) is 0.769. The van der Waals surface area contributed by atoms with Crippen molar-refractivity contribution in [1.82, 2.24) is 25.0 Å². The molecule has 7 nitrogen and oxygen atoms in total. The van der Waals surface area contributed by atoms with Crippen LogP contribution in [0.5, 0.6) is 0 Å². The Hall–Kier alpha value is -3.06. The number of benzene rings is 1. The zero-order valence-electron chi connectivity index (χ0n) is 15.3. The van der Waals surface area contributed by atoms with Crippen molar-refractivity contribution in [3.63, 3.8) is 0 Å². The summed E-state index contributed by atoms with van der Waals surface area (Å²) in [6.07, 6.45) is 1.76. The molecule has 3 aromatic rings. The highest BCUT2D eigenvalue weighted by molar-refractivity contribution is 5.93. The van der Waals surface area contributed by atoms with Crippen LogP contribution < -0.4 is 5.32 Å². The number of anilines is 2. The summed E-state index contributed by atoms with van der Waals surface area (Å²) in [5.74, 6) is 0.525. The summed E-state index contributed by atoms with van der Waals surface area (Å²) in [5.41, 5.74) is 2.11. The van der Waals surface area contributed by atoms with Crippen LogP contribution in [0.15, 0.2) is 48.7 Å². The van der Waals surface area contributed by atoms with Gasteiger partial charge in [-0.1, -0.05) is 25.1 Å². The molecular formula is C20H22N6O. The maximum Gasteiger partial charge on any atom is 0.274 e. The van der Waals surface area contributed by atoms with Gasteiger partial charge in [-0.2, -0.15) is 0 Å². The number of carbonyl (C=O) groups excluding carboxylic acids is 1. The molecule has 1 amide bonds. The van der Waals surface area contributed by atoms with E-state index in [1.54, 1.807) is 18.3 Å². The number of piperazine rings is 1. The summed E-state index contributed by atoms with van der Waals surface area (Å²) >= 11 is 0. The molecule has 1 aliphatic heterocycles. The largest absolute Gasteiger partial charge is 0.337 e. The van der Waals surface area contributed by atoms with Crippen molar-refractivity contribution in [3.8, 4) is 0 Å². The maximum atomic E-state index is 12.6. The monoisotopic (exact) mass is 362 g/mol. The van der Waals surface area contributed by atoms with Gasteiger partial charge in [0.15, 0.2) is 11.5 Å². The van der Waals surface area contributed by atoms with Crippen LogP contribution in [-0.2, 0) is 0 Å². The van der Waals surface area contributed by atoms with Gasteiger partial charge in [-0.25, -0.2) is 0 Å². The molecule has 0 aliphatic carbocycles. The van der Waals surface area contributed by atoms with E-state index in [1.165, 1.54) is 0 Å². The molecule has 27 heavy (non-hydrogen) atoms. The van der Waals surface area contributed by atoms with Crippen LogP contribution in [0.3, 0.4) is 0 Å². The lowest BCUT2D eigenvalue weighted by Gasteiger charge is -2.33. The molecule has 7 heteroatoms. The Morgan fingerprint density at radius 2 is 1.85 bits per heavy atom. The van der Waals surface area contributed by atoms with E-state index >= 15 is 0 Å². The third-order valence-corrected chi connectivity index (χ3v) is 4.89. The number of fused-ring (bicyclic) bond motifs is 1. The number of para-hydroxylation sites is 1. The van der Waals surface area contributed by atoms with Crippen LogP contribution in [0, 0.1) is 0 Å². The van der Waals surface area contributed by atoms with E-state index < -0.39 is 0 Å². The van der Waals surface area contributed by atoms with Gasteiger partial charge < -0.3 is 15.1 Å². The summed E-state index contributed by atoms with van der Waals surface area (Å²) < 4.78 is 0. The second-order valence-corrected chi connectivity index (χ2v) is 6.54. The van der Waals surface area contributed by atoms with Crippen LogP contribution in [0.2, 0.25) is 0 Å². The molecular weight excluding hydrogens is 340 g/mol. The van der Waals surface area contributed by atoms with Gasteiger partial charge in [-0.3, -0.25) is 9.78 Å². The first-order valence-corrected chi connectivity index (χ1v) is 9.21. The lowest BCUT2D eigenvalue weighted by Crippen LogP contribution is -2.48. The topological polar surface area (TPSA) is 74.2 Å². The Kier molecular flexibility index (Phi) is 4.93. The van der Waals surface area contributed by atoms with Gasteiger partial charge >= 0.3 is 0 Å². The lowest BCUT2D eigenvalue weighted by molar-refractivity contribution is 0.0636. The summed E-state index contributed by atoms with van der Waals surface area (Å²) in [6, 6.07) is 13.4. The molecule has 138 valence electrons. The summed E-state index contributed by atoms with van der Waals surface area (Å²) in [7, 11) is 0. The Bertz CT molecular complexity index is 929. The van der Waals surface area contributed by atoms with Gasteiger partial charge in [-0.15, -0.1) is 10.2 Å². The van der Waals surface area contributed by atoms with Crippen molar-refractivity contribution in [1.29, 1.82) is 0 Å². The molecule has 2 aromatic heterocycles. The van der Waals surface area contributed by atoms with Crippen LogP contribution in [0.4, 0.5) is 11.5 Å². The summed E-state index contributed by atoms with van der Waals surface area (Å²) in [5, 5.41) is 12.6. The van der Waals surface area contributed by atoms with Crippen molar-refractivity contribution < 1.29 is 4.79 Å². The van der Waals surface area contributed by atoms with Gasteiger partial charge in [0.25, 0.3) is 5.91 Å². The zero-order chi connectivity index (χ0) is 18.6. The maximum absolute atomic E-state index is 12.6. The second-order valence-electron chi connectivity index (χ2n) is 6.54. The number of carbonyl (C=O) groups is 1. The van der Waals surface area contributed by atoms with Crippen molar-refractivity contribution in [2.45, 2.75) is 6.92 Å². The van der Waals surface area contributed by atoms with E-state index in [2.05, 4.69) is 32.3 Å². The minimum atomic E-state index is -0.0587. The first kappa shape index (κ1) is 17.4. The third-order valence-electron chi connectivity index (χ3n) is 4.89. The minimum Gasteiger partial charge on any atom is -0.337 e. The highest BCUT2D eigenvalue weighted by atomic mass is 16.2. The molecule has 1 fully saturated rings. The van der Waals surface area contributed by atoms with Crippen molar-refractivity contribution >= 4 is 28.3 Å². The average molecular weight is 362 g/mol. The molecule has 0 saturated carbocycles. The van der Waals surface area contributed by atoms with Gasteiger partial charge in [0, 0.05) is 37.8 Å². The van der Waals surface area contributed by atoms with E-state index in [1.807, 2.05) is 35.2 Å². The Balaban J connectivity index is 1.47. The molecule has 0 spiro atoms. The predicted octanol–water partition coefficient (Wildman–Crippen LogP) is 2.55. The SMILES string of the molecule is CCN1CCN(C(=O)c2ccc(Nc3cccc4cccnc34)nn2)CC1. The molecule has 1 aliphatic rings. The van der Waals surface area contributed by atoms with Crippen LogP contribution in [-0.4, -0.2) is 63.6 Å². The van der Waals surface area contributed by atoms with Crippen LogP contribution in [0.1, 0.15) is 17.4 Å². The number of amides is 1. The molecule has 1 N–H and O–H groups in total. The number of aromatic nitrogens is 3. The van der Waals surface area contributed by atoms with Gasteiger partial charge in [-0.05, 0) is 30.8 Å². The third kappa shape index (κ3) is 3.73. The van der Waals surface area contributed by atoms with Crippen molar-refractivity contribution in [3.05, 3.63) is 54.4 Å². The number of likely N-dealkylation sites (N-methyl/N-ethyl adjacent to an activating group) is 1. The van der Waals surface area contributed by atoms with E-state index in [-0.39, 0.29) is 5.91 Å². The minimum absolute atomic E-state index is 0.0587. The summed E-state index contributed by atoms with van der Waals surface area (Å²) in [6.45, 7) is 6.43. The van der Waals surface area contributed by atoms with Gasteiger partial charge in [0.1, 0.15) is 0 Å². The smallest absolute Gasteiger partial charge is 0.274 e. The molecule has 4 rings (SSSR count). The van der Waals surface area contributed by atoms with Gasteiger partial charge in [0.2, 0.25) is 0 Å². The standard InChI is InChI=1S/C20H22N6O/c1-2-25-11-13-26(14-12-25)20(27)17-8-9-18(24-23-17)22-16-7-3-5-15-6-4-10-21-19(15)16/h3-10H,2,11-14H2,1H3,(H,22,24). The normalized spacial score (nSPS) is 15.1. The first-order chi connectivity index (χ1) is 13.2. The highest BCUT2D eigenvalue weighted by Gasteiger charge is 2.22.